The van der Waals surface area contributed by atoms with Gasteiger partial charge in [-0.3, -0.25) is 9.59 Å². The molecular weight excluding hydrogens is 563 g/mol. The summed E-state index contributed by atoms with van der Waals surface area (Å²) in [7, 11) is -2.83. The van der Waals surface area contributed by atoms with Crippen LogP contribution in [0.1, 0.15) is 24.5 Å². The topological polar surface area (TPSA) is 99.1 Å². The molecule has 2 aliphatic rings. The molecule has 2 aromatic rings. The van der Waals surface area contributed by atoms with Crippen LogP contribution in [-0.4, -0.2) is 54.2 Å². The lowest BCUT2D eigenvalue weighted by Gasteiger charge is -2.32. The first-order chi connectivity index (χ1) is 16.1. The fourth-order valence-electron chi connectivity index (χ4n) is 5.59. The highest BCUT2D eigenvalue weighted by Crippen LogP contribution is 2.58. The van der Waals surface area contributed by atoms with Crippen molar-refractivity contribution in [1.29, 1.82) is 0 Å². The number of ether oxygens (including phenoxy) is 1. The summed E-state index contributed by atoms with van der Waals surface area (Å²) in [5, 5.41) is 12.5. The smallest absolute Gasteiger partial charge is 0.261 e. The van der Waals surface area contributed by atoms with Crippen LogP contribution in [0.2, 0.25) is 18.6 Å². The van der Waals surface area contributed by atoms with Gasteiger partial charge in [0.15, 0.2) is 13.9 Å². The summed E-state index contributed by atoms with van der Waals surface area (Å²) < 4.78 is 7.54. The quantitative estimate of drug-likeness (QED) is 0.337. The molecule has 0 aliphatic carbocycles. The lowest BCUT2D eigenvalue weighted by molar-refractivity contribution is -0.148. The van der Waals surface area contributed by atoms with Gasteiger partial charge in [0.25, 0.3) is 5.91 Å². The van der Waals surface area contributed by atoms with Crippen LogP contribution < -0.4 is 5.32 Å². The van der Waals surface area contributed by atoms with Crippen molar-refractivity contribution in [1.82, 2.24) is 4.90 Å². The van der Waals surface area contributed by atoms with Crippen molar-refractivity contribution in [2.24, 2.45) is 5.92 Å². The number of fused-ring (bicyclic) bond motifs is 2. The van der Waals surface area contributed by atoms with Gasteiger partial charge in [-0.15, -0.1) is 0 Å². The van der Waals surface area contributed by atoms with Crippen LogP contribution in [0.5, 0.6) is 0 Å². The molecule has 182 valence electrons. The van der Waals surface area contributed by atoms with Gasteiger partial charge in [-0.2, -0.15) is 0 Å². The third-order valence-electron chi connectivity index (χ3n) is 7.02. The van der Waals surface area contributed by atoms with Crippen LogP contribution in [0, 0.1) is 9.49 Å². The Morgan fingerprint density at radius 1 is 1.24 bits per heavy atom. The van der Waals surface area contributed by atoms with Crippen molar-refractivity contribution < 1.29 is 24.2 Å². The predicted octanol–water partition coefficient (Wildman–Crippen LogP) is 3.45. The number of aliphatic hydroxyl groups excluding tert-OH is 1. The van der Waals surface area contributed by atoms with Gasteiger partial charge in [0.2, 0.25) is 5.91 Å². The molecule has 4 atom stereocenters. The molecular formula is C25H31IN2O5Si. The Hall–Kier alpha value is -1.79. The van der Waals surface area contributed by atoms with Gasteiger partial charge >= 0.3 is 0 Å². The molecule has 1 fully saturated rings. The first kappa shape index (κ1) is 25.3. The minimum Gasteiger partial charge on any atom is -0.432 e. The monoisotopic (exact) mass is 594 g/mol. The van der Waals surface area contributed by atoms with E-state index in [1.807, 2.05) is 68.5 Å². The van der Waals surface area contributed by atoms with Crippen LogP contribution in [0.15, 0.2) is 48.5 Å². The average molecular weight is 595 g/mol. The predicted molar refractivity (Wildman–Crippen MR) is 141 cm³/mol. The molecule has 1 spiro atoms. The van der Waals surface area contributed by atoms with E-state index in [0.29, 0.717) is 12.2 Å². The highest BCUT2D eigenvalue weighted by Gasteiger charge is 2.64. The van der Waals surface area contributed by atoms with Gasteiger partial charge in [0.05, 0.1) is 19.1 Å². The number of rotatable bonds is 7. The van der Waals surface area contributed by atoms with Gasteiger partial charge in [-0.05, 0) is 59.4 Å². The fraction of sp³-hybridized carbons (Fsp3) is 0.440. The Morgan fingerprint density at radius 3 is 2.59 bits per heavy atom. The number of carbonyl (C=O) groups is 2. The van der Waals surface area contributed by atoms with E-state index in [1.165, 1.54) is 0 Å². The molecule has 2 aromatic carbocycles. The van der Waals surface area contributed by atoms with Gasteiger partial charge in [0.1, 0.15) is 0 Å². The molecule has 2 amide bonds. The molecule has 0 bridgehead atoms. The third-order valence-corrected chi connectivity index (χ3v) is 10.2. The molecule has 0 radical (unpaired) electrons. The van der Waals surface area contributed by atoms with Crippen LogP contribution in [0.4, 0.5) is 5.69 Å². The van der Waals surface area contributed by atoms with E-state index < -0.39 is 20.0 Å². The van der Waals surface area contributed by atoms with Crippen LogP contribution in [-0.2, 0) is 26.5 Å². The standard InChI is InChI=1S/C25H31IN2O5Si/c1-16-23(34(2,3)32)21(14-22(30)28(11-12-29)15-17-7-5-4-6-8-17)33-25(16)19-13-18(26)9-10-20(19)27-24(25)31/h4-10,13,16,21,23,29,32H,11-12,14-15H2,1-3H3,(H,27,31)/t16-,21+,23-,25+/m0/s1. The lowest BCUT2D eigenvalue weighted by Crippen LogP contribution is -2.44. The molecule has 34 heavy (non-hydrogen) atoms. The number of aliphatic hydroxyl groups is 1. The normalized spacial score (nSPS) is 25.9. The summed E-state index contributed by atoms with van der Waals surface area (Å²) in [5.74, 6) is -0.722. The average Bonchev–Trinajstić information content (AvgIpc) is 3.22. The maximum absolute atomic E-state index is 13.4. The van der Waals surface area contributed by atoms with Crippen molar-refractivity contribution in [3.63, 3.8) is 0 Å². The molecule has 4 rings (SSSR count). The number of nitrogens with zero attached hydrogens (tertiary/aromatic N) is 1. The lowest BCUT2D eigenvalue weighted by atomic mass is 9.82. The molecule has 0 unspecified atom stereocenters. The highest BCUT2D eigenvalue weighted by atomic mass is 127. The second-order valence-electron chi connectivity index (χ2n) is 9.73. The van der Waals surface area contributed by atoms with E-state index >= 15 is 0 Å². The fourth-order valence-corrected chi connectivity index (χ4v) is 8.63. The van der Waals surface area contributed by atoms with E-state index in [9.17, 15) is 19.5 Å². The summed E-state index contributed by atoms with van der Waals surface area (Å²) in [5.41, 5.74) is 0.894. The molecule has 2 aliphatic heterocycles. The Balaban J connectivity index is 1.65. The third kappa shape index (κ3) is 4.56. The largest absolute Gasteiger partial charge is 0.432 e. The van der Waals surface area contributed by atoms with E-state index in [0.717, 1.165) is 14.7 Å². The molecule has 0 saturated carbocycles. The van der Waals surface area contributed by atoms with Crippen molar-refractivity contribution in [2.75, 3.05) is 18.5 Å². The number of nitrogens with one attached hydrogen (secondary N) is 1. The van der Waals surface area contributed by atoms with Gasteiger partial charge in [0, 0.05) is 39.4 Å². The highest BCUT2D eigenvalue weighted by molar-refractivity contribution is 14.1. The number of carbonyl (C=O) groups excluding carboxylic acids is 2. The number of hydrogen-bond acceptors (Lipinski definition) is 5. The zero-order valence-electron chi connectivity index (χ0n) is 19.6. The molecule has 3 N–H and O–H groups in total. The summed E-state index contributed by atoms with van der Waals surface area (Å²) in [4.78, 5) is 39.6. The van der Waals surface area contributed by atoms with E-state index in [1.54, 1.807) is 4.90 Å². The number of benzene rings is 2. The maximum Gasteiger partial charge on any atom is 0.261 e. The Labute approximate surface area is 214 Å². The minimum atomic E-state index is -2.83. The van der Waals surface area contributed by atoms with E-state index in [4.69, 9.17) is 4.74 Å². The SMILES string of the molecule is C[C@H]1[C@H]([Si](C)(C)O)[C@@H](CC(=O)N(CCO)Cc2ccccc2)O[C@]12C(=O)Nc1ccc(I)cc12. The van der Waals surface area contributed by atoms with Crippen LogP contribution in [0.3, 0.4) is 0 Å². The molecule has 0 aromatic heterocycles. The van der Waals surface area contributed by atoms with E-state index in [2.05, 4.69) is 27.9 Å². The summed E-state index contributed by atoms with van der Waals surface area (Å²) >= 11 is 2.21. The number of hydrogen-bond donors (Lipinski definition) is 3. The van der Waals surface area contributed by atoms with Crippen molar-refractivity contribution >= 4 is 48.4 Å². The van der Waals surface area contributed by atoms with Gasteiger partial charge in [-0.1, -0.05) is 37.3 Å². The molecule has 7 nitrogen and oxygen atoms in total. The van der Waals surface area contributed by atoms with Crippen LogP contribution in [0.25, 0.3) is 0 Å². The maximum atomic E-state index is 13.4. The zero-order valence-corrected chi connectivity index (χ0v) is 22.8. The summed E-state index contributed by atoms with van der Waals surface area (Å²) in [6, 6.07) is 15.4. The minimum absolute atomic E-state index is 0.0348. The summed E-state index contributed by atoms with van der Waals surface area (Å²) in [6.45, 7) is 6.05. The second kappa shape index (κ2) is 9.69. The zero-order chi connectivity index (χ0) is 24.7. The van der Waals surface area contributed by atoms with Crippen molar-refractivity contribution in [2.45, 2.75) is 50.2 Å². The Bertz CT molecular complexity index is 1080. The number of anilines is 1. The van der Waals surface area contributed by atoms with Gasteiger partial charge in [-0.25, -0.2) is 0 Å². The summed E-state index contributed by atoms with van der Waals surface area (Å²) in [6.07, 6.45) is -0.576. The van der Waals surface area contributed by atoms with Crippen molar-refractivity contribution in [3.8, 4) is 0 Å². The van der Waals surface area contributed by atoms with E-state index in [-0.39, 0.29) is 42.8 Å². The number of amides is 2. The first-order valence-electron chi connectivity index (χ1n) is 11.5. The van der Waals surface area contributed by atoms with Crippen molar-refractivity contribution in [3.05, 3.63) is 63.2 Å². The van der Waals surface area contributed by atoms with Gasteiger partial charge < -0.3 is 24.9 Å². The molecule has 1 saturated heterocycles. The Kier molecular flexibility index (Phi) is 7.21. The second-order valence-corrected chi connectivity index (χ2v) is 15.0. The first-order valence-corrected chi connectivity index (χ1v) is 15.6. The number of halogens is 1. The van der Waals surface area contributed by atoms with Crippen LogP contribution >= 0.6 is 22.6 Å². The molecule has 2 heterocycles. The Morgan fingerprint density at radius 2 is 1.94 bits per heavy atom. The molecule has 9 heteroatoms.